The van der Waals surface area contributed by atoms with Crippen molar-refractivity contribution in [2.75, 3.05) is 32.7 Å². The van der Waals surface area contributed by atoms with E-state index in [2.05, 4.69) is 30.6 Å². The highest BCUT2D eigenvalue weighted by Gasteiger charge is 2.47. The highest BCUT2D eigenvalue weighted by atomic mass is 16.4. The van der Waals surface area contributed by atoms with Crippen LogP contribution < -0.4 is 0 Å². The Morgan fingerprint density at radius 3 is 2.18 bits per heavy atom. The summed E-state index contributed by atoms with van der Waals surface area (Å²) in [5.74, 6) is -0.703. The Kier molecular flexibility index (Phi) is 3.21. The first-order valence-electron chi connectivity index (χ1n) is 6.50. The second kappa shape index (κ2) is 4.25. The Hall–Kier alpha value is -0.610. The summed E-state index contributed by atoms with van der Waals surface area (Å²) in [6, 6.07) is 0. The highest BCUT2D eigenvalue weighted by Crippen LogP contribution is 2.43. The molecule has 17 heavy (non-hydrogen) atoms. The predicted molar refractivity (Wildman–Crippen MR) is 67.1 cm³/mol. The van der Waals surface area contributed by atoms with Crippen molar-refractivity contribution in [2.45, 2.75) is 39.2 Å². The molecule has 0 radical (unpaired) electrons. The average Bonchev–Trinajstić information content (AvgIpc) is 2.13. The molecular weight excluding hydrogens is 216 g/mol. The van der Waals surface area contributed by atoms with E-state index in [1.54, 1.807) is 0 Å². The van der Waals surface area contributed by atoms with Crippen molar-refractivity contribution in [1.29, 1.82) is 0 Å². The average molecular weight is 240 g/mol. The molecule has 2 heterocycles. The second-order valence-corrected chi connectivity index (χ2v) is 6.70. The van der Waals surface area contributed by atoms with Crippen molar-refractivity contribution in [2.24, 2.45) is 5.41 Å². The fourth-order valence-electron chi connectivity index (χ4n) is 2.93. The fourth-order valence-corrected chi connectivity index (χ4v) is 2.93. The van der Waals surface area contributed by atoms with Gasteiger partial charge in [-0.25, -0.2) is 0 Å². The maximum absolute atomic E-state index is 10.6. The van der Waals surface area contributed by atoms with E-state index in [9.17, 15) is 4.79 Å². The summed E-state index contributed by atoms with van der Waals surface area (Å²) < 4.78 is 0. The Morgan fingerprint density at radius 1 is 1.24 bits per heavy atom. The van der Waals surface area contributed by atoms with Gasteiger partial charge in [-0.3, -0.25) is 14.6 Å². The van der Waals surface area contributed by atoms with E-state index in [-0.39, 0.29) is 12.1 Å². The van der Waals surface area contributed by atoms with Crippen LogP contribution in [0.2, 0.25) is 0 Å². The van der Waals surface area contributed by atoms with Crippen molar-refractivity contribution >= 4 is 5.97 Å². The maximum Gasteiger partial charge on any atom is 0.317 e. The number of hydrogen-bond donors (Lipinski definition) is 1. The van der Waals surface area contributed by atoms with Gasteiger partial charge in [-0.1, -0.05) is 0 Å². The minimum Gasteiger partial charge on any atom is -0.480 e. The van der Waals surface area contributed by atoms with Crippen molar-refractivity contribution < 1.29 is 9.90 Å². The van der Waals surface area contributed by atoms with Gasteiger partial charge in [0.05, 0.1) is 6.54 Å². The molecule has 0 amide bonds. The van der Waals surface area contributed by atoms with Crippen LogP contribution in [0.3, 0.4) is 0 Å². The van der Waals surface area contributed by atoms with Crippen LogP contribution in [0.1, 0.15) is 33.6 Å². The number of rotatable bonds is 2. The van der Waals surface area contributed by atoms with Gasteiger partial charge >= 0.3 is 5.97 Å². The number of carbonyl (C=O) groups is 1. The molecule has 2 fully saturated rings. The van der Waals surface area contributed by atoms with Crippen LogP contribution in [0, 0.1) is 5.41 Å². The summed E-state index contributed by atoms with van der Waals surface area (Å²) in [7, 11) is 0. The van der Waals surface area contributed by atoms with Crippen LogP contribution in [0.25, 0.3) is 0 Å². The number of piperidine rings is 1. The summed E-state index contributed by atoms with van der Waals surface area (Å²) in [5.41, 5.74) is 0.770. The van der Waals surface area contributed by atoms with Crippen molar-refractivity contribution in [1.82, 2.24) is 9.80 Å². The largest absolute Gasteiger partial charge is 0.480 e. The highest BCUT2D eigenvalue weighted by molar-refractivity contribution is 5.69. The van der Waals surface area contributed by atoms with Gasteiger partial charge in [-0.05, 0) is 52.1 Å². The first-order valence-corrected chi connectivity index (χ1v) is 6.50. The van der Waals surface area contributed by atoms with Gasteiger partial charge in [0.15, 0.2) is 0 Å². The lowest BCUT2D eigenvalue weighted by molar-refractivity contribution is -0.140. The third-order valence-electron chi connectivity index (χ3n) is 4.28. The number of aliphatic carboxylic acids is 1. The monoisotopic (exact) mass is 240 g/mol. The van der Waals surface area contributed by atoms with Crippen molar-refractivity contribution in [3.8, 4) is 0 Å². The minimum atomic E-state index is -0.703. The number of carboxylic acids is 1. The smallest absolute Gasteiger partial charge is 0.317 e. The molecule has 4 nitrogen and oxygen atoms in total. The number of hydrogen-bond acceptors (Lipinski definition) is 3. The molecule has 0 aromatic heterocycles. The standard InChI is InChI=1S/C13H24N2O2/c1-12(2,3)15-9-13(10-15)4-6-14(7-5-13)8-11(16)17/h4-10H2,1-3H3,(H,16,17). The van der Waals surface area contributed by atoms with Crippen LogP contribution in [-0.4, -0.2) is 59.1 Å². The zero-order valence-electron chi connectivity index (χ0n) is 11.2. The van der Waals surface area contributed by atoms with E-state index in [1.165, 1.54) is 13.1 Å². The summed E-state index contributed by atoms with van der Waals surface area (Å²) in [4.78, 5) is 15.2. The lowest BCUT2D eigenvalue weighted by Crippen LogP contribution is -2.65. The zero-order chi connectivity index (χ0) is 12.7. The van der Waals surface area contributed by atoms with E-state index >= 15 is 0 Å². The third kappa shape index (κ3) is 2.80. The fraction of sp³-hybridized carbons (Fsp3) is 0.923. The maximum atomic E-state index is 10.6. The van der Waals surface area contributed by atoms with Gasteiger partial charge in [-0.2, -0.15) is 0 Å². The molecule has 1 N–H and O–H groups in total. The van der Waals surface area contributed by atoms with Crippen LogP contribution >= 0.6 is 0 Å². The lowest BCUT2D eigenvalue weighted by atomic mass is 9.70. The summed E-state index contributed by atoms with van der Waals surface area (Å²) in [5, 5.41) is 8.77. The van der Waals surface area contributed by atoms with Crippen LogP contribution in [0.15, 0.2) is 0 Å². The third-order valence-corrected chi connectivity index (χ3v) is 4.28. The molecule has 0 bridgehead atoms. The van der Waals surface area contributed by atoms with Gasteiger partial charge in [0, 0.05) is 18.6 Å². The van der Waals surface area contributed by atoms with E-state index in [0.717, 1.165) is 25.9 Å². The molecule has 98 valence electrons. The Balaban J connectivity index is 1.79. The predicted octanol–water partition coefficient (Wildman–Crippen LogP) is 1.27. The first kappa shape index (κ1) is 12.8. The lowest BCUT2D eigenvalue weighted by Gasteiger charge is -2.58. The second-order valence-electron chi connectivity index (χ2n) is 6.70. The summed E-state index contributed by atoms with van der Waals surface area (Å²) in [6.07, 6.45) is 2.32. The first-order chi connectivity index (χ1) is 7.81. The SMILES string of the molecule is CC(C)(C)N1CC2(CCN(CC(=O)O)CC2)C1. The molecule has 0 aromatic rings. The van der Waals surface area contributed by atoms with Gasteiger partial charge in [0.1, 0.15) is 0 Å². The van der Waals surface area contributed by atoms with E-state index in [0.29, 0.717) is 5.41 Å². The molecule has 0 aliphatic carbocycles. The molecule has 2 rings (SSSR count). The van der Waals surface area contributed by atoms with Crippen molar-refractivity contribution in [3.63, 3.8) is 0 Å². The van der Waals surface area contributed by atoms with E-state index in [1.807, 2.05) is 0 Å². The molecule has 4 heteroatoms. The molecule has 0 saturated carbocycles. The normalized spacial score (nSPS) is 25.8. The van der Waals surface area contributed by atoms with Gasteiger partial charge in [-0.15, -0.1) is 0 Å². The number of likely N-dealkylation sites (tertiary alicyclic amines) is 2. The summed E-state index contributed by atoms with van der Waals surface area (Å²) >= 11 is 0. The van der Waals surface area contributed by atoms with Crippen LogP contribution in [0.4, 0.5) is 0 Å². The van der Waals surface area contributed by atoms with Crippen LogP contribution in [-0.2, 0) is 4.79 Å². The van der Waals surface area contributed by atoms with Crippen molar-refractivity contribution in [3.05, 3.63) is 0 Å². The van der Waals surface area contributed by atoms with E-state index < -0.39 is 5.97 Å². The molecule has 2 saturated heterocycles. The van der Waals surface area contributed by atoms with E-state index in [4.69, 9.17) is 5.11 Å². The number of nitrogens with zero attached hydrogens (tertiary/aromatic N) is 2. The Labute approximate surface area is 104 Å². The quantitative estimate of drug-likeness (QED) is 0.789. The molecule has 0 unspecified atom stereocenters. The van der Waals surface area contributed by atoms with Crippen LogP contribution in [0.5, 0.6) is 0 Å². The van der Waals surface area contributed by atoms with Gasteiger partial charge < -0.3 is 5.11 Å². The Morgan fingerprint density at radius 2 is 1.76 bits per heavy atom. The molecule has 2 aliphatic heterocycles. The minimum absolute atomic E-state index is 0.207. The van der Waals surface area contributed by atoms with Gasteiger partial charge in [0.25, 0.3) is 0 Å². The summed E-state index contributed by atoms with van der Waals surface area (Å²) in [6.45, 7) is 11.3. The molecule has 2 aliphatic rings. The Bertz CT molecular complexity index is 293. The molecule has 0 aromatic carbocycles. The topological polar surface area (TPSA) is 43.8 Å². The molecule has 0 atom stereocenters. The molecular formula is C13H24N2O2. The zero-order valence-corrected chi connectivity index (χ0v) is 11.2. The van der Waals surface area contributed by atoms with Gasteiger partial charge in [0.2, 0.25) is 0 Å². The molecule has 1 spiro atoms. The number of carboxylic acid groups (broad SMARTS) is 1.